The second-order valence-corrected chi connectivity index (χ2v) is 8.03. The molecule has 4 rings (SSSR count). The Kier molecular flexibility index (Phi) is 6.18. The van der Waals surface area contributed by atoms with E-state index in [0.29, 0.717) is 5.56 Å². The van der Waals surface area contributed by atoms with E-state index in [2.05, 4.69) is 12.1 Å². The predicted molar refractivity (Wildman–Crippen MR) is 124 cm³/mol. The van der Waals surface area contributed by atoms with Gasteiger partial charge in [0.1, 0.15) is 17.4 Å². The van der Waals surface area contributed by atoms with Gasteiger partial charge in [0.05, 0.1) is 0 Å². The van der Waals surface area contributed by atoms with Crippen molar-refractivity contribution in [3.05, 3.63) is 127 Å². The lowest BCUT2D eigenvalue weighted by molar-refractivity contribution is 0.345. The molecule has 0 unspecified atom stereocenters. The smallest absolute Gasteiger partial charge is 0.227 e. The Balaban J connectivity index is 1.78. The maximum absolute atomic E-state index is 12.3. The second-order valence-electron chi connectivity index (χ2n) is 8.03. The zero-order valence-electron chi connectivity index (χ0n) is 18.4. The topological polar surface area (TPSA) is 101 Å². The summed E-state index contributed by atoms with van der Waals surface area (Å²) < 4.78 is 11.4. The van der Waals surface area contributed by atoms with Crippen LogP contribution in [0.2, 0.25) is 0 Å². The minimum Gasteiger partial charge on any atom is -0.502 e. The number of aryl methyl sites for hydroxylation is 4. The Morgan fingerprint density at radius 3 is 1.64 bits per heavy atom. The van der Waals surface area contributed by atoms with Gasteiger partial charge in [-0.05, 0) is 43.4 Å². The lowest BCUT2D eigenvalue weighted by Crippen LogP contribution is -2.13. The minimum atomic E-state index is -0.992. The first-order chi connectivity index (χ1) is 15.8. The molecule has 6 heteroatoms. The van der Waals surface area contributed by atoms with E-state index in [1.807, 2.05) is 42.5 Å². The fraction of sp³-hybridized carbons (Fsp3) is 0.185. The maximum atomic E-state index is 12.3. The average molecular weight is 444 g/mol. The summed E-state index contributed by atoms with van der Waals surface area (Å²) in [5.41, 5.74) is 1.68. The lowest BCUT2D eigenvalue weighted by Gasteiger charge is -2.19. The number of hydrogen-bond donors (Lipinski definition) is 2. The summed E-state index contributed by atoms with van der Waals surface area (Å²) in [6.45, 7) is 3.17. The van der Waals surface area contributed by atoms with Gasteiger partial charge in [-0.1, -0.05) is 54.6 Å². The normalized spacial score (nSPS) is 11.1. The monoisotopic (exact) mass is 444 g/mol. The average Bonchev–Trinajstić information content (AvgIpc) is 2.80. The Labute approximate surface area is 190 Å². The van der Waals surface area contributed by atoms with Gasteiger partial charge in [-0.3, -0.25) is 9.59 Å². The fourth-order valence-electron chi connectivity index (χ4n) is 3.87. The molecule has 6 nitrogen and oxygen atoms in total. The van der Waals surface area contributed by atoms with E-state index >= 15 is 0 Å². The number of hydrogen-bond acceptors (Lipinski definition) is 6. The molecule has 2 N–H and O–H groups in total. The molecule has 2 heterocycles. The van der Waals surface area contributed by atoms with Gasteiger partial charge in [0.2, 0.25) is 22.4 Å². The van der Waals surface area contributed by atoms with E-state index in [0.717, 1.165) is 18.4 Å². The van der Waals surface area contributed by atoms with Crippen LogP contribution in [0.1, 0.15) is 45.6 Å². The summed E-state index contributed by atoms with van der Waals surface area (Å²) in [5, 5.41) is 21.0. The van der Waals surface area contributed by atoms with Crippen LogP contribution in [0.3, 0.4) is 0 Å². The highest BCUT2D eigenvalue weighted by molar-refractivity contribution is 5.46. The van der Waals surface area contributed by atoms with Gasteiger partial charge in [-0.15, -0.1) is 0 Å². The van der Waals surface area contributed by atoms with Gasteiger partial charge in [-0.2, -0.15) is 0 Å². The van der Waals surface area contributed by atoms with Crippen molar-refractivity contribution in [1.29, 1.82) is 0 Å². The minimum absolute atomic E-state index is 0.0962. The summed E-state index contributed by atoms with van der Waals surface area (Å²) in [5.74, 6) is -1.81. The van der Waals surface area contributed by atoms with Crippen molar-refractivity contribution in [2.75, 3.05) is 0 Å². The SMILES string of the molecule is Cc1cc(=O)c(O)c(C(c2ccc(CCc3ccccc3)cc2)c2oc(C)cc(=O)c2O)o1. The number of rotatable bonds is 6. The van der Waals surface area contributed by atoms with Crippen LogP contribution in [-0.2, 0) is 12.8 Å². The van der Waals surface area contributed by atoms with Crippen LogP contribution in [0.4, 0.5) is 0 Å². The van der Waals surface area contributed by atoms with Crippen LogP contribution < -0.4 is 10.9 Å². The highest BCUT2D eigenvalue weighted by Crippen LogP contribution is 2.39. The second kappa shape index (κ2) is 9.20. The molecule has 0 saturated carbocycles. The molecule has 0 amide bonds. The van der Waals surface area contributed by atoms with Gasteiger partial charge in [-0.25, -0.2) is 0 Å². The Morgan fingerprint density at radius 2 is 1.15 bits per heavy atom. The van der Waals surface area contributed by atoms with E-state index in [-0.39, 0.29) is 23.0 Å². The molecule has 4 aromatic rings. The number of benzene rings is 2. The van der Waals surface area contributed by atoms with Crippen molar-refractivity contribution in [1.82, 2.24) is 0 Å². The van der Waals surface area contributed by atoms with Gasteiger partial charge in [0.15, 0.2) is 11.5 Å². The highest BCUT2D eigenvalue weighted by Gasteiger charge is 2.30. The van der Waals surface area contributed by atoms with Gasteiger partial charge in [0.25, 0.3) is 0 Å². The molecule has 2 aromatic carbocycles. The van der Waals surface area contributed by atoms with Gasteiger partial charge >= 0.3 is 0 Å². The first kappa shape index (κ1) is 22.1. The molecule has 0 saturated heterocycles. The predicted octanol–water partition coefficient (Wildman–Crippen LogP) is 4.59. The van der Waals surface area contributed by atoms with E-state index in [1.165, 1.54) is 17.7 Å². The van der Waals surface area contributed by atoms with E-state index in [1.54, 1.807) is 13.8 Å². The van der Waals surface area contributed by atoms with Crippen molar-refractivity contribution < 1.29 is 19.0 Å². The summed E-state index contributed by atoms with van der Waals surface area (Å²) in [7, 11) is 0. The molecule has 2 aromatic heterocycles. The highest BCUT2D eigenvalue weighted by atomic mass is 16.4. The van der Waals surface area contributed by atoms with E-state index in [4.69, 9.17) is 8.83 Å². The molecule has 0 spiro atoms. The summed E-state index contributed by atoms with van der Waals surface area (Å²) >= 11 is 0. The molecule has 0 radical (unpaired) electrons. The zero-order valence-corrected chi connectivity index (χ0v) is 18.4. The van der Waals surface area contributed by atoms with Crippen molar-refractivity contribution >= 4 is 0 Å². The van der Waals surface area contributed by atoms with Crippen molar-refractivity contribution in [3.8, 4) is 11.5 Å². The van der Waals surface area contributed by atoms with Crippen molar-refractivity contribution in [2.45, 2.75) is 32.6 Å². The first-order valence-electron chi connectivity index (χ1n) is 10.6. The molecule has 0 aliphatic rings. The number of aromatic hydroxyl groups is 2. The van der Waals surface area contributed by atoms with E-state index in [9.17, 15) is 19.8 Å². The molecular weight excluding hydrogens is 420 g/mol. The quantitative estimate of drug-likeness (QED) is 0.451. The molecule has 168 valence electrons. The van der Waals surface area contributed by atoms with Crippen LogP contribution in [0.25, 0.3) is 0 Å². The zero-order chi connectivity index (χ0) is 23.5. The third kappa shape index (κ3) is 4.75. The third-order valence-electron chi connectivity index (χ3n) is 5.53. The molecule has 0 bridgehead atoms. The van der Waals surface area contributed by atoms with Crippen LogP contribution in [0.5, 0.6) is 11.5 Å². The van der Waals surface area contributed by atoms with Crippen molar-refractivity contribution in [3.63, 3.8) is 0 Å². The lowest BCUT2D eigenvalue weighted by atomic mass is 9.90. The van der Waals surface area contributed by atoms with Crippen LogP contribution in [0, 0.1) is 13.8 Å². The molecular formula is C27H24O6. The Morgan fingerprint density at radius 1 is 0.697 bits per heavy atom. The third-order valence-corrected chi connectivity index (χ3v) is 5.53. The van der Waals surface area contributed by atoms with Gasteiger partial charge in [0, 0.05) is 12.1 Å². The Bertz CT molecular complexity index is 1320. The maximum Gasteiger partial charge on any atom is 0.227 e. The molecule has 0 atom stereocenters. The van der Waals surface area contributed by atoms with Gasteiger partial charge < -0.3 is 19.0 Å². The van der Waals surface area contributed by atoms with Crippen molar-refractivity contribution in [2.24, 2.45) is 0 Å². The summed E-state index contributed by atoms with van der Waals surface area (Å²) in [4.78, 5) is 24.5. The molecule has 0 aliphatic carbocycles. The summed E-state index contributed by atoms with van der Waals surface area (Å²) in [6.07, 6.45) is 1.70. The fourth-order valence-corrected chi connectivity index (χ4v) is 3.87. The largest absolute Gasteiger partial charge is 0.502 e. The molecule has 0 aliphatic heterocycles. The van der Waals surface area contributed by atoms with E-state index < -0.39 is 28.3 Å². The van der Waals surface area contributed by atoms with Crippen LogP contribution in [-0.4, -0.2) is 10.2 Å². The standard InChI is InChI=1S/C27H24O6/c1-16-14-21(28)24(30)26(32-16)23(27-25(31)22(29)15-17(2)33-27)20-12-10-19(11-13-20)9-8-18-6-4-3-5-7-18/h3-7,10-15,23,30-31H,8-9H2,1-2H3. The summed E-state index contributed by atoms with van der Waals surface area (Å²) in [6, 6.07) is 20.0. The Hall–Kier alpha value is -4.06. The first-order valence-corrected chi connectivity index (χ1v) is 10.6. The molecule has 33 heavy (non-hydrogen) atoms. The van der Waals surface area contributed by atoms with Crippen LogP contribution >= 0.6 is 0 Å². The molecule has 0 fully saturated rings. The van der Waals surface area contributed by atoms with Crippen LogP contribution in [0.15, 0.2) is 85.2 Å².